The normalized spacial score (nSPS) is 14.4. The van der Waals surface area contributed by atoms with Gasteiger partial charge in [0.2, 0.25) is 21.8 Å². The standard InChI is InChI=1S/C28H28BrCl2N3O4S/c29-22-9-4-5-12-25(22)32-28(36)21-13-16-33(17-14-21)26(35)15-18-34(19-20-7-2-1-3-8-20)39(37,38)27-23(30)10-6-11-24(27)31/h1-12,21H,13-19H2,(H,32,36). The smallest absolute Gasteiger partial charge is 0.246 e. The van der Waals surface area contributed by atoms with Crippen LogP contribution in [0.3, 0.4) is 0 Å². The largest absolute Gasteiger partial charge is 0.343 e. The minimum absolute atomic E-state index is 0.0119. The number of anilines is 1. The Morgan fingerprint density at radius 1 is 0.923 bits per heavy atom. The van der Waals surface area contributed by atoms with Crippen molar-refractivity contribution in [3.8, 4) is 0 Å². The molecule has 0 atom stereocenters. The van der Waals surface area contributed by atoms with Gasteiger partial charge in [0.05, 0.1) is 15.7 Å². The Bertz CT molecular complexity index is 1410. The van der Waals surface area contributed by atoms with Crippen LogP contribution in [0.15, 0.2) is 82.2 Å². The maximum atomic E-state index is 13.6. The number of likely N-dealkylation sites (tertiary alicyclic amines) is 1. The molecule has 1 aliphatic rings. The molecule has 4 rings (SSSR count). The highest BCUT2D eigenvalue weighted by atomic mass is 79.9. The zero-order valence-electron chi connectivity index (χ0n) is 21.0. The van der Waals surface area contributed by atoms with Crippen molar-refractivity contribution in [1.82, 2.24) is 9.21 Å². The van der Waals surface area contributed by atoms with Crippen molar-refractivity contribution in [2.24, 2.45) is 5.92 Å². The molecule has 39 heavy (non-hydrogen) atoms. The molecule has 1 fully saturated rings. The van der Waals surface area contributed by atoms with Crippen LogP contribution in [0.2, 0.25) is 10.0 Å². The van der Waals surface area contributed by atoms with Crippen molar-refractivity contribution in [1.29, 1.82) is 0 Å². The van der Waals surface area contributed by atoms with E-state index in [4.69, 9.17) is 23.2 Å². The van der Waals surface area contributed by atoms with Gasteiger partial charge in [-0.05, 0) is 58.6 Å². The Balaban J connectivity index is 1.40. The minimum atomic E-state index is -4.10. The summed E-state index contributed by atoms with van der Waals surface area (Å²) in [5.74, 6) is -0.456. The van der Waals surface area contributed by atoms with E-state index in [1.54, 1.807) is 11.0 Å². The van der Waals surface area contributed by atoms with E-state index in [0.717, 1.165) is 10.0 Å². The van der Waals surface area contributed by atoms with Crippen LogP contribution in [-0.4, -0.2) is 49.1 Å². The van der Waals surface area contributed by atoms with Gasteiger partial charge in [0.25, 0.3) is 0 Å². The molecule has 3 aromatic rings. The number of benzene rings is 3. The molecular formula is C28H28BrCl2N3O4S. The van der Waals surface area contributed by atoms with E-state index in [9.17, 15) is 18.0 Å². The Kier molecular flexibility index (Phi) is 10.1. The van der Waals surface area contributed by atoms with Gasteiger partial charge in [0.15, 0.2) is 0 Å². The quantitative estimate of drug-likeness (QED) is 0.298. The van der Waals surface area contributed by atoms with Gasteiger partial charge in [0, 0.05) is 43.0 Å². The SMILES string of the molecule is O=C(Nc1ccccc1Br)C1CCN(C(=O)CCN(Cc2ccccc2)S(=O)(=O)c2c(Cl)cccc2Cl)CC1. The van der Waals surface area contributed by atoms with E-state index in [2.05, 4.69) is 21.2 Å². The van der Waals surface area contributed by atoms with Gasteiger partial charge in [-0.1, -0.05) is 71.7 Å². The molecule has 11 heteroatoms. The van der Waals surface area contributed by atoms with Crippen molar-refractivity contribution in [2.75, 3.05) is 25.0 Å². The van der Waals surface area contributed by atoms with Crippen LogP contribution in [0.5, 0.6) is 0 Å². The van der Waals surface area contributed by atoms with Gasteiger partial charge in [-0.15, -0.1) is 0 Å². The van der Waals surface area contributed by atoms with E-state index in [-0.39, 0.29) is 52.2 Å². The van der Waals surface area contributed by atoms with Crippen LogP contribution in [0.25, 0.3) is 0 Å². The van der Waals surface area contributed by atoms with Crippen LogP contribution in [0, 0.1) is 5.92 Å². The summed E-state index contributed by atoms with van der Waals surface area (Å²) in [6.45, 7) is 0.874. The predicted octanol–water partition coefficient (Wildman–Crippen LogP) is 6.21. The molecule has 3 aromatic carbocycles. The summed E-state index contributed by atoms with van der Waals surface area (Å²) in [5.41, 5.74) is 1.48. The first-order valence-corrected chi connectivity index (χ1v) is 15.5. The van der Waals surface area contributed by atoms with Gasteiger partial charge < -0.3 is 10.2 Å². The predicted molar refractivity (Wildman–Crippen MR) is 157 cm³/mol. The molecule has 0 saturated carbocycles. The van der Waals surface area contributed by atoms with E-state index in [0.29, 0.717) is 31.6 Å². The first-order valence-electron chi connectivity index (χ1n) is 12.5. The molecule has 0 bridgehead atoms. The summed E-state index contributed by atoms with van der Waals surface area (Å²) in [7, 11) is -4.10. The number of halogens is 3. The third kappa shape index (κ3) is 7.41. The van der Waals surface area contributed by atoms with E-state index < -0.39 is 10.0 Å². The number of carbonyl (C=O) groups is 2. The number of piperidine rings is 1. The fourth-order valence-corrected chi connectivity index (χ4v) is 7.40. The maximum absolute atomic E-state index is 13.6. The van der Waals surface area contributed by atoms with Gasteiger partial charge in [-0.3, -0.25) is 9.59 Å². The van der Waals surface area contributed by atoms with Crippen molar-refractivity contribution in [3.05, 3.63) is 92.9 Å². The number of hydrogen-bond acceptors (Lipinski definition) is 4. The number of nitrogens with one attached hydrogen (secondary N) is 1. The van der Waals surface area contributed by atoms with Gasteiger partial charge >= 0.3 is 0 Å². The monoisotopic (exact) mass is 651 g/mol. The van der Waals surface area contributed by atoms with Crippen LogP contribution < -0.4 is 5.32 Å². The lowest BCUT2D eigenvalue weighted by atomic mass is 9.95. The lowest BCUT2D eigenvalue weighted by Gasteiger charge is -2.32. The number of carbonyl (C=O) groups excluding carboxylic acids is 2. The molecule has 1 N–H and O–H groups in total. The molecule has 1 saturated heterocycles. The first kappa shape index (κ1) is 29.6. The van der Waals surface area contributed by atoms with Crippen LogP contribution in [-0.2, 0) is 26.2 Å². The number of rotatable bonds is 9. The Hall–Kier alpha value is -2.43. The van der Waals surface area contributed by atoms with Crippen LogP contribution in [0.1, 0.15) is 24.8 Å². The number of para-hydroxylation sites is 1. The number of hydrogen-bond donors (Lipinski definition) is 1. The van der Waals surface area contributed by atoms with E-state index in [1.807, 2.05) is 54.6 Å². The first-order chi connectivity index (χ1) is 18.7. The summed E-state index contributed by atoms with van der Waals surface area (Å²) >= 11 is 15.9. The molecular weight excluding hydrogens is 625 g/mol. The highest BCUT2D eigenvalue weighted by Gasteiger charge is 2.32. The van der Waals surface area contributed by atoms with Crippen molar-refractivity contribution >= 4 is 66.7 Å². The van der Waals surface area contributed by atoms with Gasteiger partial charge in [-0.2, -0.15) is 4.31 Å². The average Bonchev–Trinajstić information content (AvgIpc) is 2.92. The highest BCUT2D eigenvalue weighted by molar-refractivity contribution is 9.10. The highest BCUT2D eigenvalue weighted by Crippen LogP contribution is 2.32. The van der Waals surface area contributed by atoms with E-state index >= 15 is 0 Å². The zero-order valence-corrected chi connectivity index (χ0v) is 24.9. The second kappa shape index (κ2) is 13.3. The lowest BCUT2D eigenvalue weighted by molar-refractivity contribution is -0.134. The van der Waals surface area contributed by atoms with Crippen LogP contribution >= 0.6 is 39.1 Å². The number of sulfonamides is 1. The third-order valence-corrected chi connectivity index (χ3v) is 10.1. The molecule has 7 nitrogen and oxygen atoms in total. The summed E-state index contributed by atoms with van der Waals surface area (Å²) in [4.78, 5) is 27.4. The molecule has 0 spiro atoms. The molecule has 206 valence electrons. The summed E-state index contributed by atoms with van der Waals surface area (Å²) in [6.07, 6.45) is 1.05. The molecule has 0 aliphatic carbocycles. The Morgan fingerprint density at radius 3 is 2.18 bits per heavy atom. The molecule has 1 heterocycles. The molecule has 2 amide bonds. The molecule has 0 unspecified atom stereocenters. The fraction of sp³-hybridized carbons (Fsp3) is 0.286. The number of nitrogens with zero attached hydrogens (tertiary/aromatic N) is 2. The average molecular weight is 653 g/mol. The third-order valence-electron chi connectivity index (χ3n) is 6.64. The van der Waals surface area contributed by atoms with E-state index in [1.165, 1.54) is 16.4 Å². The second-order valence-electron chi connectivity index (χ2n) is 9.25. The van der Waals surface area contributed by atoms with Gasteiger partial charge in [-0.25, -0.2) is 8.42 Å². The van der Waals surface area contributed by atoms with Crippen molar-refractivity contribution < 1.29 is 18.0 Å². The van der Waals surface area contributed by atoms with Crippen molar-refractivity contribution in [3.63, 3.8) is 0 Å². The molecule has 1 aliphatic heterocycles. The minimum Gasteiger partial charge on any atom is -0.343 e. The number of amides is 2. The fourth-order valence-electron chi connectivity index (χ4n) is 4.50. The zero-order chi connectivity index (χ0) is 28.0. The van der Waals surface area contributed by atoms with Crippen molar-refractivity contribution in [2.45, 2.75) is 30.7 Å². The molecule has 0 aromatic heterocycles. The van der Waals surface area contributed by atoms with Gasteiger partial charge in [0.1, 0.15) is 4.90 Å². The van der Waals surface area contributed by atoms with Crippen LogP contribution in [0.4, 0.5) is 5.69 Å². The molecule has 0 radical (unpaired) electrons. The topological polar surface area (TPSA) is 86.8 Å². The summed E-state index contributed by atoms with van der Waals surface area (Å²) in [5, 5.41) is 2.99. The maximum Gasteiger partial charge on any atom is 0.246 e. The Labute approximate surface area is 247 Å². The summed E-state index contributed by atoms with van der Waals surface area (Å²) < 4.78 is 29.3. The Morgan fingerprint density at radius 2 is 1.54 bits per heavy atom. The summed E-state index contributed by atoms with van der Waals surface area (Å²) in [6, 6.07) is 21.1. The lowest BCUT2D eigenvalue weighted by Crippen LogP contribution is -2.43. The second-order valence-corrected chi connectivity index (χ2v) is 12.8.